The van der Waals surface area contributed by atoms with Gasteiger partial charge in [-0.1, -0.05) is 12.1 Å². The van der Waals surface area contributed by atoms with Crippen LogP contribution in [0.4, 0.5) is 10.2 Å². The fourth-order valence-electron chi connectivity index (χ4n) is 4.04. The third-order valence-electron chi connectivity index (χ3n) is 5.58. The average molecular weight is 399 g/mol. The maximum Gasteiger partial charge on any atom is 0.150 e. The van der Waals surface area contributed by atoms with E-state index in [1.807, 2.05) is 12.1 Å². The fraction of sp³-hybridized carbons (Fsp3) is 0.429. The highest BCUT2D eigenvalue weighted by atomic mass is 32.1. The molecule has 0 saturated carbocycles. The Morgan fingerprint density at radius 1 is 1.11 bits per heavy atom. The summed E-state index contributed by atoms with van der Waals surface area (Å²) in [6.07, 6.45) is 4.44. The van der Waals surface area contributed by atoms with E-state index in [1.165, 1.54) is 25.0 Å². The molecule has 0 radical (unpaired) electrons. The van der Waals surface area contributed by atoms with Crippen molar-refractivity contribution in [2.24, 2.45) is 0 Å². The largest absolute Gasteiger partial charge is 0.377 e. The molecule has 0 spiro atoms. The lowest BCUT2D eigenvalue weighted by Crippen LogP contribution is -2.48. The van der Waals surface area contributed by atoms with Crippen molar-refractivity contribution in [3.8, 4) is 10.4 Å². The van der Waals surface area contributed by atoms with Crippen LogP contribution in [0.25, 0.3) is 20.7 Å². The lowest BCUT2D eigenvalue weighted by molar-refractivity contribution is 0.0712. The molecule has 0 bridgehead atoms. The molecule has 0 amide bonds. The van der Waals surface area contributed by atoms with Gasteiger partial charge in [0.2, 0.25) is 0 Å². The number of halogens is 1. The molecule has 5 nitrogen and oxygen atoms in total. The highest BCUT2D eigenvalue weighted by Gasteiger charge is 2.24. The summed E-state index contributed by atoms with van der Waals surface area (Å²) in [6.45, 7) is 5.94. The van der Waals surface area contributed by atoms with Crippen molar-refractivity contribution in [1.29, 1.82) is 0 Å². The topological polar surface area (TPSA) is 41.5 Å². The Labute approximate surface area is 167 Å². The number of hydrogen-bond acceptors (Lipinski definition) is 6. The van der Waals surface area contributed by atoms with E-state index in [2.05, 4.69) is 25.8 Å². The lowest BCUT2D eigenvalue weighted by Gasteiger charge is -2.36. The summed E-state index contributed by atoms with van der Waals surface area (Å²) in [7, 11) is 0. The predicted octanol–water partition coefficient (Wildman–Crippen LogP) is 3.80. The van der Waals surface area contributed by atoms with E-state index in [1.54, 1.807) is 17.7 Å². The second-order valence-electron chi connectivity index (χ2n) is 7.45. The Morgan fingerprint density at radius 2 is 1.93 bits per heavy atom. The van der Waals surface area contributed by atoms with E-state index in [0.29, 0.717) is 6.10 Å². The molecule has 0 aliphatic carbocycles. The van der Waals surface area contributed by atoms with Crippen LogP contribution in [-0.4, -0.2) is 60.3 Å². The van der Waals surface area contributed by atoms with Gasteiger partial charge in [0, 0.05) is 44.2 Å². The van der Waals surface area contributed by atoms with Crippen molar-refractivity contribution >= 4 is 27.4 Å². The molecule has 2 fully saturated rings. The van der Waals surface area contributed by atoms with Gasteiger partial charge in [0.05, 0.1) is 16.3 Å². The number of rotatable bonds is 4. The van der Waals surface area contributed by atoms with Crippen LogP contribution in [-0.2, 0) is 4.74 Å². The zero-order chi connectivity index (χ0) is 18.9. The van der Waals surface area contributed by atoms with Crippen LogP contribution in [0, 0.1) is 5.82 Å². The number of fused-ring (bicyclic) bond motifs is 1. The average Bonchev–Trinajstić information content (AvgIpc) is 3.38. The molecule has 2 saturated heterocycles. The molecule has 1 aromatic carbocycles. The third kappa shape index (κ3) is 3.62. The molecule has 2 aliphatic heterocycles. The first-order valence-electron chi connectivity index (χ1n) is 9.86. The van der Waals surface area contributed by atoms with Crippen LogP contribution in [0.15, 0.2) is 36.7 Å². The molecule has 2 aromatic heterocycles. The normalized spacial score (nSPS) is 20.9. The number of piperazine rings is 1. The SMILES string of the molecule is Fc1ccc(-c2cc3ncnc(N4CCN(CC5CCCO5)CC4)c3s2)cc1. The Kier molecular flexibility index (Phi) is 4.96. The van der Waals surface area contributed by atoms with E-state index in [-0.39, 0.29) is 5.82 Å². The fourth-order valence-corrected chi connectivity index (χ4v) is 5.18. The number of nitrogens with zero attached hydrogens (tertiary/aromatic N) is 4. The maximum atomic E-state index is 13.2. The molecule has 146 valence electrons. The van der Waals surface area contributed by atoms with Gasteiger partial charge in [-0.2, -0.15) is 0 Å². The Bertz CT molecular complexity index is 947. The monoisotopic (exact) mass is 398 g/mol. The minimum Gasteiger partial charge on any atom is -0.377 e. The molecule has 5 rings (SSSR count). The second-order valence-corrected chi connectivity index (χ2v) is 8.50. The van der Waals surface area contributed by atoms with Gasteiger partial charge in [0.15, 0.2) is 0 Å². The quantitative estimate of drug-likeness (QED) is 0.669. The number of ether oxygens (including phenoxy) is 1. The summed E-state index contributed by atoms with van der Waals surface area (Å²) < 4.78 is 20.1. The number of thiophene rings is 1. The smallest absolute Gasteiger partial charge is 0.150 e. The van der Waals surface area contributed by atoms with E-state index >= 15 is 0 Å². The van der Waals surface area contributed by atoms with Crippen LogP contribution in [0.2, 0.25) is 0 Å². The summed E-state index contributed by atoms with van der Waals surface area (Å²) >= 11 is 1.68. The maximum absolute atomic E-state index is 13.2. The van der Waals surface area contributed by atoms with Gasteiger partial charge in [-0.05, 0) is 36.6 Å². The van der Waals surface area contributed by atoms with E-state index in [4.69, 9.17) is 4.74 Å². The Hall–Kier alpha value is -2.09. The van der Waals surface area contributed by atoms with Gasteiger partial charge < -0.3 is 9.64 Å². The molecule has 4 heterocycles. The van der Waals surface area contributed by atoms with Gasteiger partial charge in [-0.25, -0.2) is 14.4 Å². The van der Waals surface area contributed by atoms with Crippen molar-refractivity contribution in [1.82, 2.24) is 14.9 Å². The molecular formula is C21H23FN4OS. The molecular weight excluding hydrogens is 375 g/mol. The van der Waals surface area contributed by atoms with Gasteiger partial charge in [0.1, 0.15) is 18.0 Å². The molecule has 0 N–H and O–H groups in total. The van der Waals surface area contributed by atoms with Crippen LogP contribution >= 0.6 is 11.3 Å². The minimum absolute atomic E-state index is 0.216. The van der Waals surface area contributed by atoms with E-state index in [0.717, 1.165) is 65.8 Å². The predicted molar refractivity (Wildman–Crippen MR) is 110 cm³/mol. The number of hydrogen-bond donors (Lipinski definition) is 0. The number of aromatic nitrogens is 2. The highest BCUT2D eigenvalue weighted by molar-refractivity contribution is 7.22. The molecule has 28 heavy (non-hydrogen) atoms. The first kappa shape index (κ1) is 18.0. The van der Waals surface area contributed by atoms with Crippen molar-refractivity contribution in [3.63, 3.8) is 0 Å². The Morgan fingerprint density at radius 3 is 2.68 bits per heavy atom. The Balaban J connectivity index is 1.34. The molecule has 1 unspecified atom stereocenters. The van der Waals surface area contributed by atoms with E-state index < -0.39 is 0 Å². The van der Waals surface area contributed by atoms with Crippen LogP contribution in [0.1, 0.15) is 12.8 Å². The van der Waals surface area contributed by atoms with Crippen molar-refractivity contribution in [2.75, 3.05) is 44.2 Å². The van der Waals surface area contributed by atoms with Crippen LogP contribution in [0.3, 0.4) is 0 Å². The summed E-state index contributed by atoms with van der Waals surface area (Å²) in [5.41, 5.74) is 1.97. The van der Waals surface area contributed by atoms with Gasteiger partial charge in [0.25, 0.3) is 0 Å². The summed E-state index contributed by atoms with van der Waals surface area (Å²) in [5.74, 6) is 0.798. The minimum atomic E-state index is -0.216. The molecule has 3 aromatic rings. The van der Waals surface area contributed by atoms with Crippen molar-refractivity contribution < 1.29 is 9.13 Å². The van der Waals surface area contributed by atoms with Gasteiger partial charge in [-0.3, -0.25) is 4.90 Å². The van der Waals surface area contributed by atoms with Crippen LogP contribution in [0.5, 0.6) is 0 Å². The van der Waals surface area contributed by atoms with Crippen molar-refractivity contribution in [2.45, 2.75) is 18.9 Å². The number of benzene rings is 1. The van der Waals surface area contributed by atoms with Gasteiger partial charge in [-0.15, -0.1) is 11.3 Å². The zero-order valence-electron chi connectivity index (χ0n) is 15.7. The third-order valence-corrected chi connectivity index (χ3v) is 6.75. The highest BCUT2D eigenvalue weighted by Crippen LogP contribution is 2.37. The number of anilines is 1. The lowest BCUT2D eigenvalue weighted by atomic mass is 10.2. The summed E-state index contributed by atoms with van der Waals surface area (Å²) in [5, 5.41) is 0. The van der Waals surface area contributed by atoms with Crippen molar-refractivity contribution in [3.05, 3.63) is 42.5 Å². The summed E-state index contributed by atoms with van der Waals surface area (Å²) in [6, 6.07) is 8.71. The second kappa shape index (κ2) is 7.73. The molecule has 7 heteroatoms. The molecule has 1 atom stereocenters. The van der Waals surface area contributed by atoms with Gasteiger partial charge >= 0.3 is 0 Å². The first-order valence-corrected chi connectivity index (χ1v) is 10.7. The van der Waals surface area contributed by atoms with E-state index in [9.17, 15) is 4.39 Å². The summed E-state index contributed by atoms with van der Waals surface area (Å²) in [4.78, 5) is 15.0. The first-order chi connectivity index (χ1) is 13.8. The molecule has 2 aliphatic rings. The standard InChI is InChI=1S/C21H23FN4OS/c22-16-5-3-15(4-6-16)19-12-18-20(28-19)21(24-14-23-18)26-9-7-25(8-10-26)13-17-2-1-11-27-17/h3-6,12,14,17H,1-2,7-11,13H2. The van der Waals surface area contributed by atoms with Crippen LogP contribution < -0.4 is 4.90 Å². The zero-order valence-corrected chi connectivity index (χ0v) is 16.5.